The van der Waals surface area contributed by atoms with Crippen molar-refractivity contribution in [2.45, 2.75) is 33.1 Å². The lowest BCUT2D eigenvalue weighted by atomic mass is 9.97. The highest BCUT2D eigenvalue weighted by Gasteiger charge is 2.23. The van der Waals surface area contributed by atoms with Gasteiger partial charge in [-0.2, -0.15) is 0 Å². The second kappa shape index (κ2) is 5.33. The summed E-state index contributed by atoms with van der Waals surface area (Å²) in [6.45, 7) is 5.81. The maximum absolute atomic E-state index is 7.58. The third kappa shape index (κ3) is 2.78. The molecule has 0 amide bonds. The summed E-state index contributed by atoms with van der Waals surface area (Å²) in [7, 11) is 0. The number of nitrogens with one attached hydrogen (secondary N) is 1. The molecule has 5 heteroatoms. The highest BCUT2D eigenvalue weighted by atomic mass is 15.2. The second-order valence-electron chi connectivity index (χ2n) is 4.86. The molecular formula is C13H21N5. The van der Waals surface area contributed by atoms with Crippen LogP contribution < -0.4 is 10.6 Å². The third-order valence-corrected chi connectivity index (χ3v) is 3.42. The van der Waals surface area contributed by atoms with E-state index in [9.17, 15) is 0 Å². The van der Waals surface area contributed by atoms with E-state index in [4.69, 9.17) is 11.1 Å². The molecule has 0 radical (unpaired) electrons. The van der Waals surface area contributed by atoms with Crippen LogP contribution in [0.25, 0.3) is 0 Å². The normalized spacial score (nSPS) is 19.9. The summed E-state index contributed by atoms with van der Waals surface area (Å²) >= 11 is 0. The van der Waals surface area contributed by atoms with E-state index in [1.807, 2.05) is 6.92 Å². The molecule has 0 saturated carbocycles. The predicted octanol–water partition coefficient (Wildman–Crippen LogP) is 1.50. The van der Waals surface area contributed by atoms with Gasteiger partial charge in [0.1, 0.15) is 11.6 Å². The topological polar surface area (TPSA) is 78.9 Å². The molecule has 1 atom stereocenters. The summed E-state index contributed by atoms with van der Waals surface area (Å²) < 4.78 is 0. The van der Waals surface area contributed by atoms with Crippen LogP contribution in [0.2, 0.25) is 0 Å². The lowest BCUT2D eigenvalue weighted by Gasteiger charge is -2.33. The minimum atomic E-state index is 0.166. The van der Waals surface area contributed by atoms with Crippen LogP contribution in [0.15, 0.2) is 6.07 Å². The largest absolute Gasteiger partial charge is 0.387 e. The number of amidine groups is 1. The average molecular weight is 247 g/mol. The number of piperidine rings is 1. The fourth-order valence-corrected chi connectivity index (χ4v) is 2.39. The highest BCUT2D eigenvalue weighted by molar-refractivity contribution is 5.80. The molecule has 5 nitrogen and oxygen atoms in total. The Labute approximate surface area is 108 Å². The average Bonchev–Trinajstić information content (AvgIpc) is 2.38. The van der Waals surface area contributed by atoms with Crippen LogP contribution in [0.1, 0.15) is 31.3 Å². The molecule has 18 heavy (non-hydrogen) atoms. The zero-order chi connectivity index (χ0) is 13.1. The molecule has 1 saturated heterocycles. The number of hydrogen-bond donors (Lipinski definition) is 2. The predicted molar refractivity (Wildman–Crippen MR) is 73.0 cm³/mol. The SMILES string of the molecule is CCc1cc(N2CCCC(C(=N)N)C2)nc(C)n1. The van der Waals surface area contributed by atoms with Gasteiger partial charge in [-0.15, -0.1) is 0 Å². The molecule has 2 rings (SSSR count). The summed E-state index contributed by atoms with van der Waals surface area (Å²) in [6, 6.07) is 2.05. The molecule has 98 valence electrons. The fraction of sp³-hybridized carbons (Fsp3) is 0.615. The van der Waals surface area contributed by atoms with Crippen LogP contribution in [0.4, 0.5) is 5.82 Å². The van der Waals surface area contributed by atoms with Gasteiger partial charge in [0.25, 0.3) is 0 Å². The van der Waals surface area contributed by atoms with Crippen LogP contribution in [0, 0.1) is 18.3 Å². The van der Waals surface area contributed by atoms with Gasteiger partial charge in [-0.25, -0.2) is 9.97 Å². The van der Waals surface area contributed by atoms with E-state index in [0.717, 1.165) is 49.7 Å². The van der Waals surface area contributed by atoms with Crippen molar-refractivity contribution in [3.8, 4) is 0 Å². The summed E-state index contributed by atoms with van der Waals surface area (Å²) in [4.78, 5) is 11.1. The first kappa shape index (κ1) is 12.8. The molecule has 0 spiro atoms. The first-order chi connectivity index (χ1) is 8.60. The molecule has 1 fully saturated rings. The molecule has 1 aliphatic rings. The highest BCUT2D eigenvalue weighted by Crippen LogP contribution is 2.22. The van der Waals surface area contributed by atoms with Gasteiger partial charge >= 0.3 is 0 Å². The molecule has 1 aliphatic heterocycles. The number of aryl methyl sites for hydroxylation is 2. The number of hydrogen-bond acceptors (Lipinski definition) is 4. The molecule has 0 bridgehead atoms. The van der Waals surface area contributed by atoms with Crippen molar-refractivity contribution >= 4 is 11.7 Å². The van der Waals surface area contributed by atoms with Crippen molar-refractivity contribution < 1.29 is 0 Å². The molecule has 3 N–H and O–H groups in total. The van der Waals surface area contributed by atoms with E-state index >= 15 is 0 Å². The Morgan fingerprint density at radius 1 is 1.56 bits per heavy atom. The molecule has 2 heterocycles. The van der Waals surface area contributed by atoms with Crippen molar-refractivity contribution in [2.75, 3.05) is 18.0 Å². The second-order valence-corrected chi connectivity index (χ2v) is 4.86. The zero-order valence-corrected chi connectivity index (χ0v) is 11.1. The van der Waals surface area contributed by atoms with Gasteiger partial charge in [0.2, 0.25) is 0 Å². The monoisotopic (exact) mass is 247 g/mol. The van der Waals surface area contributed by atoms with Gasteiger partial charge in [-0.1, -0.05) is 6.92 Å². The summed E-state index contributed by atoms with van der Waals surface area (Å²) in [6.07, 6.45) is 2.99. The number of anilines is 1. The van der Waals surface area contributed by atoms with E-state index in [1.165, 1.54) is 0 Å². The summed E-state index contributed by atoms with van der Waals surface area (Å²) in [5, 5.41) is 7.58. The standard InChI is InChI=1S/C13H21N5/c1-3-11-7-12(17-9(2)16-11)18-6-4-5-10(8-18)13(14)15/h7,10H,3-6,8H2,1-2H3,(H3,14,15). The van der Waals surface area contributed by atoms with Crippen molar-refractivity contribution in [1.29, 1.82) is 5.41 Å². The van der Waals surface area contributed by atoms with Crippen molar-refractivity contribution in [3.05, 3.63) is 17.6 Å². The van der Waals surface area contributed by atoms with Crippen molar-refractivity contribution in [2.24, 2.45) is 11.7 Å². The van der Waals surface area contributed by atoms with Gasteiger partial charge in [0.15, 0.2) is 0 Å². The number of nitrogens with two attached hydrogens (primary N) is 1. The summed E-state index contributed by atoms with van der Waals surface area (Å²) in [5.41, 5.74) is 6.69. The smallest absolute Gasteiger partial charge is 0.132 e. The first-order valence-corrected chi connectivity index (χ1v) is 6.53. The minimum absolute atomic E-state index is 0.166. The number of rotatable bonds is 3. The van der Waals surface area contributed by atoms with Crippen molar-refractivity contribution in [1.82, 2.24) is 9.97 Å². The maximum Gasteiger partial charge on any atom is 0.132 e. The van der Waals surface area contributed by atoms with Crippen LogP contribution in [-0.4, -0.2) is 28.9 Å². The molecule has 0 aromatic carbocycles. The van der Waals surface area contributed by atoms with Gasteiger partial charge < -0.3 is 10.6 Å². The Morgan fingerprint density at radius 3 is 3.00 bits per heavy atom. The Morgan fingerprint density at radius 2 is 2.33 bits per heavy atom. The van der Waals surface area contributed by atoms with E-state index in [0.29, 0.717) is 5.84 Å². The molecule has 1 aromatic heterocycles. The van der Waals surface area contributed by atoms with E-state index < -0.39 is 0 Å². The zero-order valence-electron chi connectivity index (χ0n) is 11.1. The summed E-state index contributed by atoms with van der Waals surface area (Å²) in [5.74, 6) is 2.25. The molecule has 0 aliphatic carbocycles. The lowest BCUT2D eigenvalue weighted by Crippen LogP contribution is -2.41. The first-order valence-electron chi connectivity index (χ1n) is 6.53. The van der Waals surface area contributed by atoms with Crippen LogP contribution in [-0.2, 0) is 6.42 Å². The maximum atomic E-state index is 7.58. The Hall–Kier alpha value is -1.65. The Bertz CT molecular complexity index is 443. The van der Waals surface area contributed by atoms with Crippen LogP contribution in [0.3, 0.4) is 0 Å². The Kier molecular flexibility index (Phi) is 3.79. The van der Waals surface area contributed by atoms with Gasteiger partial charge in [0.05, 0.1) is 5.84 Å². The third-order valence-electron chi connectivity index (χ3n) is 3.42. The molecule has 1 unspecified atom stereocenters. The lowest BCUT2D eigenvalue weighted by molar-refractivity contribution is 0.499. The Balaban J connectivity index is 2.20. The fourth-order valence-electron chi connectivity index (χ4n) is 2.39. The van der Waals surface area contributed by atoms with Gasteiger partial charge in [0, 0.05) is 30.8 Å². The van der Waals surface area contributed by atoms with Gasteiger partial charge in [-0.05, 0) is 26.2 Å². The number of aromatic nitrogens is 2. The minimum Gasteiger partial charge on any atom is -0.387 e. The van der Waals surface area contributed by atoms with E-state index in [-0.39, 0.29) is 5.92 Å². The number of nitrogens with zero attached hydrogens (tertiary/aromatic N) is 3. The molecular weight excluding hydrogens is 226 g/mol. The quantitative estimate of drug-likeness (QED) is 0.626. The van der Waals surface area contributed by atoms with Gasteiger partial charge in [-0.3, -0.25) is 5.41 Å². The molecule has 1 aromatic rings. The van der Waals surface area contributed by atoms with Crippen molar-refractivity contribution in [3.63, 3.8) is 0 Å². The van der Waals surface area contributed by atoms with Crippen LogP contribution in [0.5, 0.6) is 0 Å². The van der Waals surface area contributed by atoms with E-state index in [1.54, 1.807) is 0 Å². The van der Waals surface area contributed by atoms with Crippen LogP contribution >= 0.6 is 0 Å². The van der Waals surface area contributed by atoms with E-state index in [2.05, 4.69) is 27.9 Å².